The Bertz CT molecular complexity index is 269. The maximum Gasteiger partial charge on any atom is 0.211 e. The van der Waals surface area contributed by atoms with Crippen molar-refractivity contribution in [2.75, 3.05) is 11.9 Å². The number of alkyl halides is 1. The van der Waals surface area contributed by atoms with E-state index in [2.05, 4.69) is 21.0 Å². The monoisotopic (exact) mass is 274 g/mol. The van der Waals surface area contributed by atoms with Crippen LogP contribution >= 0.6 is 15.9 Å². The molecule has 2 nitrogen and oxygen atoms in total. The number of halogens is 1. The summed E-state index contributed by atoms with van der Waals surface area (Å²) in [7, 11) is 0. The van der Waals surface area contributed by atoms with E-state index in [1.807, 2.05) is 30.3 Å². The van der Waals surface area contributed by atoms with Crippen molar-refractivity contribution in [2.24, 2.45) is 0 Å². The van der Waals surface area contributed by atoms with Gasteiger partial charge in [0.2, 0.25) is 1.43 Å². The molecule has 1 aromatic rings. The van der Waals surface area contributed by atoms with E-state index < -0.39 is 0 Å². The van der Waals surface area contributed by atoms with Gasteiger partial charge in [-0.25, -0.2) is 0 Å². The molecular weight excluding hydrogens is 256 g/mol. The predicted octanol–water partition coefficient (Wildman–Crippen LogP) is 2.74. The third kappa shape index (κ3) is 5.92. The molecule has 0 aliphatic heterocycles. The molecule has 0 aromatic heterocycles. The van der Waals surface area contributed by atoms with Crippen LogP contribution in [0.4, 0.5) is 0 Å². The molecule has 0 saturated carbocycles. The molecule has 0 unspecified atom stereocenters. The van der Waals surface area contributed by atoms with Crippen molar-refractivity contribution in [2.45, 2.75) is 25.6 Å². The topological polar surface area (TPSA) is 29.5 Å². The zero-order valence-electron chi connectivity index (χ0n) is 9.69. The van der Waals surface area contributed by atoms with Crippen LogP contribution in [0.5, 0.6) is 0 Å². The van der Waals surface area contributed by atoms with Gasteiger partial charge in [-0.3, -0.25) is 0 Å². The number of aliphatic hydroxyl groups is 1. The van der Waals surface area contributed by atoms with Gasteiger partial charge in [-0.15, -0.1) is 0 Å². The Balaban J connectivity index is 2.18. The van der Waals surface area contributed by atoms with Crippen LogP contribution in [0.25, 0.3) is 0 Å². The number of hydrogen-bond donors (Lipinski definition) is 1. The summed E-state index contributed by atoms with van der Waals surface area (Å²) in [6, 6.07) is 10.0. The lowest BCUT2D eigenvalue weighted by atomic mass is 10.2. The van der Waals surface area contributed by atoms with Crippen LogP contribution in [-0.2, 0) is 11.3 Å². The highest BCUT2D eigenvalue weighted by atomic mass is 79.9. The smallest absolute Gasteiger partial charge is 0.211 e. The maximum absolute atomic E-state index is 6.93. The van der Waals surface area contributed by atoms with E-state index in [1.165, 1.54) is 0 Å². The summed E-state index contributed by atoms with van der Waals surface area (Å²) in [6.45, 7) is 1.06. The van der Waals surface area contributed by atoms with Gasteiger partial charge in [0.25, 0.3) is 0 Å². The van der Waals surface area contributed by atoms with Crippen molar-refractivity contribution >= 4 is 15.9 Å². The molecule has 0 saturated heterocycles. The molecule has 15 heavy (non-hydrogen) atoms. The van der Waals surface area contributed by atoms with Gasteiger partial charge in [-0.05, 0) is 18.4 Å². The fourth-order valence-electron chi connectivity index (χ4n) is 1.27. The first-order valence-electron chi connectivity index (χ1n) is 5.57. The Labute approximate surface area is 101 Å². The van der Waals surface area contributed by atoms with Gasteiger partial charge in [0.1, 0.15) is 0 Å². The lowest BCUT2D eigenvalue weighted by Gasteiger charge is -2.10. The van der Waals surface area contributed by atoms with E-state index in [-0.39, 0.29) is 6.10 Å². The highest BCUT2D eigenvalue weighted by molar-refractivity contribution is 9.09. The molecule has 84 valence electrons. The summed E-state index contributed by atoms with van der Waals surface area (Å²) in [5.74, 6) is 0. The van der Waals surface area contributed by atoms with Crippen LogP contribution in [0.3, 0.4) is 0 Å². The molecule has 0 aliphatic rings. The van der Waals surface area contributed by atoms with Crippen LogP contribution in [0, 0.1) is 0 Å². The predicted molar refractivity (Wildman–Crippen MR) is 65.1 cm³/mol. The molecule has 0 amide bonds. The van der Waals surface area contributed by atoms with E-state index in [1.54, 1.807) is 0 Å². The summed E-state index contributed by atoms with van der Waals surface area (Å²) in [4.78, 5) is 0. The van der Waals surface area contributed by atoms with Gasteiger partial charge in [-0.1, -0.05) is 46.3 Å². The zero-order chi connectivity index (χ0) is 11.6. The summed E-state index contributed by atoms with van der Waals surface area (Å²) < 4.78 is 12.4. The minimum absolute atomic E-state index is 0.124. The number of hydrogen-bond acceptors (Lipinski definition) is 2. The molecule has 1 atom stereocenters. The molecule has 0 fully saturated rings. The molecule has 1 aromatic carbocycles. The second kappa shape index (κ2) is 7.85. The van der Waals surface area contributed by atoms with Crippen molar-refractivity contribution in [1.82, 2.24) is 0 Å². The van der Waals surface area contributed by atoms with Crippen molar-refractivity contribution in [3.8, 4) is 0 Å². The Morgan fingerprint density at radius 2 is 2.20 bits per heavy atom. The minimum atomic E-state index is -0.124. The van der Waals surface area contributed by atoms with E-state index in [0.717, 1.165) is 23.7 Å². The Morgan fingerprint density at radius 3 is 2.87 bits per heavy atom. The fraction of sp³-hybridized carbons (Fsp3) is 0.500. The largest absolute Gasteiger partial charge is 0.391 e. The molecule has 0 heterocycles. The first kappa shape index (κ1) is 11.1. The van der Waals surface area contributed by atoms with Crippen molar-refractivity contribution in [3.63, 3.8) is 0 Å². The summed E-state index contributed by atoms with van der Waals surface area (Å²) >= 11 is 3.35. The second-order valence-corrected chi connectivity index (χ2v) is 4.25. The van der Waals surface area contributed by atoms with Crippen molar-refractivity contribution in [3.05, 3.63) is 35.9 Å². The Kier molecular flexibility index (Phi) is 5.82. The average Bonchev–Trinajstić information content (AvgIpc) is 2.35. The minimum Gasteiger partial charge on any atom is -0.391 e. The lowest BCUT2D eigenvalue weighted by Crippen LogP contribution is -2.15. The molecular formula is C12H17BrO2. The number of aliphatic hydroxyl groups excluding tert-OH is 1. The van der Waals surface area contributed by atoms with Crippen LogP contribution in [0.15, 0.2) is 30.3 Å². The highest BCUT2D eigenvalue weighted by Gasteiger charge is 2.03. The maximum atomic E-state index is 6.93. The normalized spacial score (nSPS) is 13.5. The zero-order valence-corrected chi connectivity index (χ0v) is 10.3. The van der Waals surface area contributed by atoms with Gasteiger partial charge in [0, 0.05) is 5.33 Å². The van der Waals surface area contributed by atoms with Gasteiger partial charge < -0.3 is 9.85 Å². The number of benzene rings is 1. The van der Waals surface area contributed by atoms with E-state index in [0.29, 0.717) is 13.2 Å². The lowest BCUT2D eigenvalue weighted by molar-refractivity contribution is 0.0244. The quantitative estimate of drug-likeness (QED) is 0.739. The van der Waals surface area contributed by atoms with Crippen LogP contribution < -0.4 is 0 Å². The second-order valence-electron chi connectivity index (χ2n) is 3.45. The molecule has 0 bridgehead atoms. The number of rotatable bonds is 8. The SMILES string of the molecule is [3H]O[C@H](CCCBr)COCc1ccccc1. The van der Waals surface area contributed by atoms with Gasteiger partial charge in [-0.2, -0.15) is 0 Å². The molecule has 1 rings (SSSR count). The molecule has 3 heteroatoms. The molecule has 1 N–H and O–H groups in total. The molecule has 0 aliphatic carbocycles. The summed E-state index contributed by atoms with van der Waals surface area (Å²) in [6.07, 6.45) is 1.73. The van der Waals surface area contributed by atoms with Crippen LogP contribution in [-0.4, -0.2) is 24.6 Å². The standard InChI is InChI=1S/C12H17BrO2/c13-8-4-7-12(14)10-15-9-11-5-2-1-3-6-11/h1-3,5-6,12,14H,4,7-10H2/t12-/m1/s1/i14T. The fourth-order valence-corrected chi connectivity index (χ4v) is 1.59. The van der Waals surface area contributed by atoms with E-state index in [9.17, 15) is 0 Å². The summed E-state index contributed by atoms with van der Waals surface area (Å²) in [5, 5.41) is 5.53. The van der Waals surface area contributed by atoms with Crippen LogP contribution in [0.2, 0.25) is 0 Å². The average molecular weight is 275 g/mol. The molecule has 0 radical (unpaired) electrons. The first-order valence-corrected chi connectivity index (χ1v) is 6.28. The van der Waals surface area contributed by atoms with E-state index in [4.69, 9.17) is 6.17 Å². The van der Waals surface area contributed by atoms with Gasteiger partial charge in [0.15, 0.2) is 0 Å². The highest BCUT2D eigenvalue weighted by Crippen LogP contribution is 2.04. The summed E-state index contributed by atoms with van der Waals surface area (Å²) in [5.41, 5.74) is 1.15. The van der Waals surface area contributed by atoms with Crippen LogP contribution in [0.1, 0.15) is 18.4 Å². The Hall–Kier alpha value is -0.380. The first-order chi connectivity index (χ1) is 7.86. The van der Waals surface area contributed by atoms with E-state index >= 15 is 0 Å². The third-order valence-electron chi connectivity index (χ3n) is 2.08. The third-order valence-corrected chi connectivity index (χ3v) is 2.64. The van der Waals surface area contributed by atoms with Crippen molar-refractivity contribution < 1.29 is 9.85 Å². The van der Waals surface area contributed by atoms with Crippen molar-refractivity contribution in [1.29, 1.82) is 1.43 Å². The Morgan fingerprint density at radius 1 is 1.40 bits per heavy atom. The molecule has 0 spiro atoms. The number of ether oxygens (including phenoxy) is 1. The van der Waals surface area contributed by atoms with Gasteiger partial charge >= 0.3 is 0 Å². The van der Waals surface area contributed by atoms with Gasteiger partial charge in [0.05, 0.1) is 19.3 Å².